The molecule has 0 aliphatic rings. The second-order valence-corrected chi connectivity index (χ2v) is 8.03. The van der Waals surface area contributed by atoms with Crippen LogP contribution in [0.5, 0.6) is 5.75 Å². The fourth-order valence-corrected chi connectivity index (χ4v) is 3.98. The summed E-state index contributed by atoms with van der Waals surface area (Å²) in [5, 5.41) is 7.07. The molecule has 0 radical (unpaired) electrons. The molecular weight excluding hydrogens is 408 g/mol. The maximum Gasteiger partial charge on any atom is 0.255 e. The Bertz CT molecular complexity index is 1040. The van der Waals surface area contributed by atoms with Crippen LogP contribution in [0.2, 0.25) is 0 Å². The number of aryl methyl sites for hydroxylation is 1. The maximum absolute atomic E-state index is 14.2. The molecule has 2 aromatic carbocycles. The summed E-state index contributed by atoms with van der Waals surface area (Å²) in [6.07, 6.45) is 1.53. The first-order chi connectivity index (χ1) is 14.4. The number of benzene rings is 2. The Hall–Kier alpha value is -2.87. The number of hydrogen-bond donors (Lipinski definition) is 1. The van der Waals surface area contributed by atoms with Crippen molar-refractivity contribution in [2.75, 3.05) is 19.4 Å². The van der Waals surface area contributed by atoms with E-state index in [1.807, 2.05) is 31.2 Å². The number of amides is 1. The highest BCUT2D eigenvalue weighted by Crippen LogP contribution is 2.30. The quantitative estimate of drug-likeness (QED) is 0.533. The number of aromatic nitrogens is 2. The number of carbonyl (C=O) groups excluding carboxylic acids is 1. The number of ether oxygens (including phenoxy) is 1. The van der Waals surface area contributed by atoms with Crippen molar-refractivity contribution in [1.82, 2.24) is 15.1 Å². The third kappa shape index (κ3) is 5.18. The van der Waals surface area contributed by atoms with Gasteiger partial charge < -0.3 is 10.1 Å². The van der Waals surface area contributed by atoms with Crippen molar-refractivity contribution in [3.63, 3.8) is 0 Å². The van der Waals surface area contributed by atoms with Crippen molar-refractivity contribution in [3.8, 4) is 17.0 Å². The lowest BCUT2D eigenvalue weighted by molar-refractivity contribution is 0.0950. The van der Waals surface area contributed by atoms with E-state index >= 15 is 0 Å². The normalized spacial score (nSPS) is 11.9. The predicted molar refractivity (Wildman–Crippen MR) is 114 cm³/mol. The van der Waals surface area contributed by atoms with Crippen molar-refractivity contribution < 1.29 is 18.3 Å². The molecular formula is C22H23F2N3O2S. The Labute approximate surface area is 178 Å². The zero-order valence-electron chi connectivity index (χ0n) is 17.0. The molecule has 1 amide bonds. The van der Waals surface area contributed by atoms with E-state index < -0.39 is 11.6 Å². The number of thioether (sulfide) groups is 1. The molecule has 3 rings (SSSR count). The Morgan fingerprint density at radius 1 is 1.27 bits per heavy atom. The van der Waals surface area contributed by atoms with Gasteiger partial charge in [-0.25, -0.2) is 8.78 Å². The molecule has 0 fully saturated rings. The van der Waals surface area contributed by atoms with Crippen LogP contribution < -0.4 is 10.1 Å². The van der Waals surface area contributed by atoms with Gasteiger partial charge in [0.25, 0.3) is 5.91 Å². The minimum atomic E-state index is -0.760. The number of nitrogens with zero attached hydrogens (tertiary/aromatic N) is 2. The van der Waals surface area contributed by atoms with Gasteiger partial charge in [-0.2, -0.15) is 5.10 Å². The second-order valence-electron chi connectivity index (χ2n) is 6.97. The molecule has 0 spiro atoms. The molecule has 30 heavy (non-hydrogen) atoms. The van der Waals surface area contributed by atoms with Crippen LogP contribution in [0.1, 0.15) is 17.3 Å². The van der Waals surface area contributed by atoms with Crippen LogP contribution in [0.15, 0.2) is 53.6 Å². The molecule has 0 bridgehead atoms. The van der Waals surface area contributed by atoms with Crippen molar-refractivity contribution in [3.05, 3.63) is 65.9 Å². The first-order valence-electron chi connectivity index (χ1n) is 9.42. The summed E-state index contributed by atoms with van der Waals surface area (Å²) in [6.45, 7) is 2.48. The summed E-state index contributed by atoms with van der Waals surface area (Å²) in [6, 6.07) is 11.0. The third-order valence-corrected chi connectivity index (χ3v) is 5.85. The molecule has 8 heteroatoms. The van der Waals surface area contributed by atoms with Crippen molar-refractivity contribution in [2.24, 2.45) is 13.0 Å². The number of carbonyl (C=O) groups is 1. The van der Waals surface area contributed by atoms with Gasteiger partial charge in [0.05, 0.1) is 12.7 Å². The standard InChI is InChI=1S/C22H23F2N3O2S/c1-14(13-30-20-7-5-4-6-19(20)29-3)11-25-22(28)17-12-27(2)26-21(17)16-9-8-15(23)10-18(16)24/h4-10,12,14H,11,13H2,1-3H3,(H,25,28). The lowest BCUT2D eigenvalue weighted by Crippen LogP contribution is -2.29. The average Bonchev–Trinajstić information content (AvgIpc) is 3.12. The summed E-state index contributed by atoms with van der Waals surface area (Å²) in [5.41, 5.74) is 0.512. The van der Waals surface area contributed by atoms with Gasteiger partial charge in [-0.05, 0) is 30.2 Å². The Kier molecular flexibility index (Phi) is 7.10. The molecule has 0 aliphatic heterocycles. The highest BCUT2D eigenvalue weighted by molar-refractivity contribution is 7.99. The van der Waals surface area contributed by atoms with E-state index in [2.05, 4.69) is 10.4 Å². The minimum absolute atomic E-state index is 0.0851. The van der Waals surface area contributed by atoms with Gasteiger partial charge in [0.2, 0.25) is 0 Å². The van der Waals surface area contributed by atoms with Gasteiger partial charge in [0.15, 0.2) is 0 Å². The van der Waals surface area contributed by atoms with Crippen molar-refractivity contribution in [2.45, 2.75) is 11.8 Å². The molecule has 1 N–H and O–H groups in total. The first kappa shape index (κ1) is 21.8. The third-order valence-electron chi connectivity index (χ3n) is 4.46. The summed E-state index contributed by atoms with van der Waals surface area (Å²) in [7, 11) is 3.28. The molecule has 1 heterocycles. The summed E-state index contributed by atoms with van der Waals surface area (Å²) >= 11 is 1.66. The molecule has 1 atom stereocenters. The number of halogens is 2. The lowest BCUT2D eigenvalue weighted by atomic mass is 10.1. The number of para-hydroxylation sites is 1. The lowest BCUT2D eigenvalue weighted by Gasteiger charge is -2.14. The molecule has 3 aromatic rings. The van der Waals surface area contributed by atoms with Gasteiger partial charge in [0.1, 0.15) is 23.1 Å². The Morgan fingerprint density at radius 3 is 2.77 bits per heavy atom. The van der Waals surface area contributed by atoms with E-state index in [1.54, 1.807) is 25.9 Å². The van der Waals surface area contributed by atoms with E-state index in [-0.39, 0.29) is 28.6 Å². The molecule has 0 saturated heterocycles. The smallest absolute Gasteiger partial charge is 0.255 e. The fourth-order valence-electron chi connectivity index (χ4n) is 2.93. The number of hydrogen-bond acceptors (Lipinski definition) is 4. The molecule has 0 aliphatic carbocycles. The topological polar surface area (TPSA) is 56.1 Å². The maximum atomic E-state index is 14.2. The highest BCUT2D eigenvalue weighted by atomic mass is 32.2. The van der Waals surface area contributed by atoms with Gasteiger partial charge in [-0.15, -0.1) is 11.8 Å². The fraction of sp³-hybridized carbons (Fsp3) is 0.273. The molecule has 1 aromatic heterocycles. The highest BCUT2D eigenvalue weighted by Gasteiger charge is 2.20. The van der Waals surface area contributed by atoms with E-state index in [0.717, 1.165) is 28.5 Å². The molecule has 5 nitrogen and oxygen atoms in total. The summed E-state index contributed by atoms with van der Waals surface area (Å²) < 4.78 is 34.2. The van der Waals surface area contributed by atoms with E-state index in [9.17, 15) is 13.6 Å². The Balaban J connectivity index is 1.64. The van der Waals surface area contributed by atoms with Crippen LogP contribution in [-0.4, -0.2) is 35.1 Å². The van der Waals surface area contributed by atoms with Crippen LogP contribution >= 0.6 is 11.8 Å². The van der Waals surface area contributed by atoms with Crippen molar-refractivity contribution >= 4 is 17.7 Å². The van der Waals surface area contributed by atoms with Crippen LogP contribution in [-0.2, 0) is 7.05 Å². The van der Waals surface area contributed by atoms with Crippen LogP contribution in [0.25, 0.3) is 11.3 Å². The number of rotatable bonds is 8. The zero-order chi connectivity index (χ0) is 21.7. The van der Waals surface area contributed by atoms with Gasteiger partial charge >= 0.3 is 0 Å². The molecule has 1 unspecified atom stereocenters. The van der Waals surface area contributed by atoms with Crippen LogP contribution in [0.4, 0.5) is 8.78 Å². The van der Waals surface area contributed by atoms with Crippen LogP contribution in [0, 0.1) is 17.6 Å². The van der Waals surface area contributed by atoms with E-state index in [0.29, 0.717) is 6.54 Å². The first-order valence-corrected chi connectivity index (χ1v) is 10.4. The summed E-state index contributed by atoms with van der Waals surface area (Å²) in [5.74, 6) is -0.000833. The Morgan fingerprint density at radius 2 is 2.03 bits per heavy atom. The number of methoxy groups -OCH3 is 1. The molecule has 158 valence electrons. The zero-order valence-corrected chi connectivity index (χ0v) is 17.8. The largest absolute Gasteiger partial charge is 0.496 e. The number of nitrogens with one attached hydrogen (secondary N) is 1. The SMILES string of the molecule is COc1ccccc1SCC(C)CNC(=O)c1cn(C)nc1-c1ccc(F)cc1F. The monoisotopic (exact) mass is 431 g/mol. The second kappa shape index (κ2) is 9.75. The minimum Gasteiger partial charge on any atom is -0.496 e. The van der Waals surface area contributed by atoms with Crippen LogP contribution in [0.3, 0.4) is 0 Å². The van der Waals surface area contributed by atoms with Gasteiger partial charge in [0, 0.05) is 42.1 Å². The van der Waals surface area contributed by atoms with Gasteiger partial charge in [-0.3, -0.25) is 9.48 Å². The molecule has 0 saturated carbocycles. The van der Waals surface area contributed by atoms with E-state index in [4.69, 9.17) is 4.74 Å². The van der Waals surface area contributed by atoms with Crippen molar-refractivity contribution in [1.29, 1.82) is 0 Å². The predicted octanol–water partition coefficient (Wildman–Crippen LogP) is 4.53. The summed E-state index contributed by atoms with van der Waals surface area (Å²) in [4.78, 5) is 13.8. The van der Waals surface area contributed by atoms with Gasteiger partial charge in [-0.1, -0.05) is 19.1 Å². The van der Waals surface area contributed by atoms with E-state index in [1.165, 1.54) is 16.9 Å². The average molecular weight is 432 g/mol.